The van der Waals surface area contributed by atoms with Gasteiger partial charge in [-0.2, -0.15) is 0 Å². The predicted octanol–water partition coefficient (Wildman–Crippen LogP) is 0.759. The Labute approximate surface area is 89.7 Å². The molecule has 82 valence electrons. The highest BCUT2D eigenvalue weighted by Crippen LogP contribution is 2.12. The number of nitrogen functional groups attached to an aromatic ring is 1. The lowest BCUT2D eigenvalue weighted by molar-refractivity contribution is -0.122. The van der Waals surface area contributed by atoms with Crippen LogP contribution in [0.1, 0.15) is 19.4 Å². The Morgan fingerprint density at radius 3 is 2.73 bits per heavy atom. The molecule has 0 radical (unpaired) electrons. The summed E-state index contributed by atoms with van der Waals surface area (Å²) in [6.07, 6.45) is 1.92. The number of ketones is 1. The molecule has 0 aliphatic heterocycles. The summed E-state index contributed by atoms with van der Waals surface area (Å²) in [5.74, 6) is 0.372. The van der Waals surface area contributed by atoms with Crippen molar-refractivity contribution in [3.05, 3.63) is 23.9 Å². The lowest BCUT2D eigenvalue weighted by Crippen LogP contribution is -2.31. The van der Waals surface area contributed by atoms with Gasteiger partial charge >= 0.3 is 0 Å². The summed E-state index contributed by atoms with van der Waals surface area (Å²) in [5.41, 5.74) is 12.1. The highest BCUT2D eigenvalue weighted by Gasteiger charge is 2.18. The molecule has 0 bridgehead atoms. The Morgan fingerprint density at radius 1 is 1.53 bits per heavy atom. The molecule has 0 saturated carbocycles. The Hall–Kier alpha value is -1.42. The Morgan fingerprint density at radius 2 is 2.20 bits per heavy atom. The van der Waals surface area contributed by atoms with Crippen molar-refractivity contribution in [1.82, 2.24) is 4.98 Å². The molecule has 1 aromatic rings. The van der Waals surface area contributed by atoms with Crippen LogP contribution in [0.2, 0.25) is 0 Å². The van der Waals surface area contributed by atoms with Crippen LogP contribution in [0.15, 0.2) is 18.3 Å². The Balaban J connectivity index is 2.71. The number of aromatic nitrogens is 1. The molecule has 0 amide bonds. The lowest BCUT2D eigenvalue weighted by atomic mass is 9.94. The van der Waals surface area contributed by atoms with Crippen LogP contribution >= 0.6 is 0 Å². The standard InChI is InChI=1S/C11H17N3O/c1-7(8(2)12)10(15)6-9-4-3-5-14-11(9)13/h3-5,7-8H,6,12H2,1-2H3,(H2,13,14). The molecule has 0 fully saturated rings. The minimum Gasteiger partial charge on any atom is -0.383 e. The maximum Gasteiger partial charge on any atom is 0.141 e. The van der Waals surface area contributed by atoms with Crippen molar-refractivity contribution in [2.45, 2.75) is 26.3 Å². The van der Waals surface area contributed by atoms with Crippen molar-refractivity contribution in [3.8, 4) is 0 Å². The summed E-state index contributed by atoms with van der Waals surface area (Å²) >= 11 is 0. The summed E-state index contributed by atoms with van der Waals surface area (Å²) in [7, 11) is 0. The molecule has 4 heteroatoms. The minimum atomic E-state index is -0.149. The molecule has 0 aliphatic rings. The van der Waals surface area contributed by atoms with Gasteiger partial charge in [-0.15, -0.1) is 0 Å². The maximum absolute atomic E-state index is 11.7. The molecular weight excluding hydrogens is 190 g/mol. The van der Waals surface area contributed by atoms with Crippen LogP contribution in [-0.2, 0) is 11.2 Å². The number of nitrogens with zero attached hydrogens (tertiary/aromatic N) is 1. The van der Waals surface area contributed by atoms with Gasteiger partial charge in [-0.25, -0.2) is 4.98 Å². The third-order valence-electron chi connectivity index (χ3n) is 2.59. The summed E-state index contributed by atoms with van der Waals surface area (Å²) in [6, 6.07) is 3.46. The molecule has 0 aliphatic carbocycles. The summed E-state index contributed by atoms with van der Waals surface area (Å²) in [4.78, 5) is 15.7. The van der Waals surface area contributed by atoms with E-state index < -0.39 is 0 Å². The number of rotatable bonds is 4. The molecule has 0 saturated heterocycles. The van der Waals surface area contributed by atoms with Crippen molar-refractivity contribution >= 4 is 11.6 Å². The fraction of sp³-hybridized carbons (Fsp3) is 0.455. The highest BCUT2D eigenvalue weighted by atomic mass is 16.1. The van der Waals surface area contributed by atoms with Gasteiger partial charge in [0.15, 0.2) is 0 Å². The first-order chi connectivity index (χ1) is 7.02. The summed E-state index contributed by atoms with van der Waals surface area (Å²) < 4.78 is 0. The van der Waals surface area contributed by atoms with Crippen LogP contribution in [-0.4, -0.2) is 16.8 Å². The molecule has 4 nitrogen and oxygen atoms in total. The molecule has 1 aromatic heterocycles. The van der Waals surface area contributed by atoms with E-state index in [1.165, 1.54) is 0 Å². The van der Waals surface area contributed by atoms with Crippen molar-refractivity contribution < 1.29 is 4.79 Å². The van der Waals surface area contributed by atoms with Gasteiger partial charge in [-0.3, -0.25) is 4.79 Å². The number of pyridine rings is 1. The van der Waals surface area contributed by atoms with Crippen LogP contribution in [0.25, 0.3) is 0 Å². The van der Waals surface area contributed by atoms with E-state index in [0.29, 0.717) is 12.2 Å². The van der Waals surface area contributed by atoms with Crippen LogP contribution in [0.4, 0.5) is 5.82 Å². The normalized spacial score (nSPS) is 14.6. The van der Waals surface area contributed by atoms with Crippen molar-refractivity contribution in [2.75, 3.05) is 5.73 Å². The number of anilines is 1. The minimum absolute atomic E-state index is 0.102. The van der Waals surface area contributed by atoms with Crippen LogP contribution in [0, 0.1) is 5.92 Å². The lowest BCUT2D eigenvalue weighted by Gasteiger charge is -2.14. The van der Waals surface area contributed by atoms with Gasteiger partial charge in [0.2, 0.25) is 0 Å². The monoisotopic (exact) mass is 207 g/mol. The molecule has 0 spiro atoms. The third kappa shape index (κ3) is 3.02. The van der Waals surface area contributed by atoms with E-state index >= 15 is 0 Å². The maximum atomic E-state index is 11.7. The molecule has 4 N–H and O–H groups in total. The zero-order valence-electron chi connectivity index (χ0n) is 9.10. The van der Waals surface area contributed by atoms with E-state index in [2.05, 4.69) is 4.98 Å². The van der Waals surface area contributed by atoms with E-state index in [0.717, 1.165) is 5.56 Å². The van der Waals surface area contributed by atoms with Gasteiger partial charge in [0, 0.05) is 30.1 Å². The topological polar surface area (TPSA) is 82.0 Å². The third-order valence-corrected chi connectivity index (χ3v) is 2.59. The van der Waals surface area contributed by atoms with Gasteiger partial charge in [-0.05, 0) is 13.0 Å². The van der Waals surface area contributed by atoms with E-state index in [1.807, 2.05) is 19.9 Å². The Bertz CT molecular complexity index is 349. The molecule has 0 aromatic carbocycles. The largest absolute Gasteiger partial charge is 0.383 e. The average molecular weight is 207 g/mol. The van der Waals surface area contributed by atoms with E-state index in [1.54, 1.807) is 12.3 Å². The molecule has 2 unspecified atom stereocenters. The molecule has 2 atom stereocenters. The second-order valence-corrected chi connectivity index (χ2v) is 3.84. The second-order valence-electron chi connectivity index (χ2n) is 3.84. The van der Waals surface area contributed by atoms with Crippen LogP contribution < -0.4 is 11.5 Å². The van der Waals surface area contributed by atoms with Gasteiger partial charge in [-0.1, -0.05) is 13.0 Å². The summed E-state index contributed by atoms with van der Waals surface area (Å²) in [5, 5.41) is 0. The zero-order chi connectivity index (χ0) is 11.4. The zero-order valence-corrected chi connectivity index (χ0v) is 9.10. The number of hydrogen-bond donors (Lipinski definition) is 2. The van der Waals surface area contributed by atoms with Crippen LogP contribution in [0.3, 0.4) is 0 Å². The first kappa shape index (κ1) is 11.7. The quantitative estimate of drug-likeness (QED) is 0.763. The van der Waals surface area contributed by atoms with Gasteiger partial charge in [0.05, 0.1) is 0 Å². The van der Waals surface area contributed by atoms with Gasteiger partial charge in [0.1, 0.15) is 11.6 Å². The smallest absolute Gasteiger partial charge is 0.141 e. The first-order valence-corrected chi connectivity index (χ1v) is 5.00. The van der Waals surface area contributed by atoms with Crippen molar-refractivity contribution in [2.24, 2.45) is 11.7 Å². The van der Waals surface area contributed by atoms with E-state index in [4.69, 9.17) is 11.5 Å². The molecule has 1 heterocycles. The van der Waals surface area contributed by atoms with Crippen LogP contribution in [0.5, 0.6) is 0 Å². The fourth-order valence-corrected chi connectivity index (χ4v) is 1.24. The van der Waals surface area contributed by atoms with Crippen molar-refractivity contribution in [1.29, 1.82) is 0 Å². The molecule has 1 rings (SSSR count). The Kier molecular flexibility index (Phi) is 3.80. The summed E-state index contributed by atoms with van der Waals surface area (Å²) in [6.45, 7) is 3.66. The highest BCUT2D eigenvalue weighted by molar-refractivity contribution is 5.84. The average Bonchev–Trinajstić information content (AvgIpc) is 2.20. The van der Waals surface area contributed by atoms with Crippen molar-refractivity contribution in [3.63, 3.8) is 0 Å². The number of carbonyl (C=O) groups excluding carboxylic acids is 1. The van der Waals surface area contributed by atoms with E-state index in [9.17, 15) is 4.79 Å². The SMILES string of the molecule is CC(N)C(C)C(=O)Cc1cccnc1N. The number of carbonyl (C=O) groups is 1. The first-order valence-electron chi connectivity index (χ1n) is 5.00. The molecular formula is C11H17N3O. The number of Topliss-reactive ketones (excluding diaryl/α,β-unsaturated/α-hetero) is 1. The predicted molar refractivity (Wildman–Crippen MR) is 60.2 cm³/mol. The van der Waals surface area contributed by atoms with Gasteiger partial charge in [0.25, 0.3) is 0 Å². The molecule has 15 heavy (non-hydrogen) atoms. The van der Waals surface area contributed by atoms with E-state index in [-0.39, 0.29) is 17.7 Å². The number of hydrogen-bond acceptors (Lipinski definition) is 4. The van der Waals surface area contributed by atoms with Gasteiger partial charge < -0.3 is 11.5 Å². The second kappa shape index (κ2) is 4.89. The fourth-order valence-electron chi connectivity index (χ4n) is 1.24. The number of nitrogens with two attached hydrogens (primary N) is 2.